The largest absolute Gasteiger partial charge is 0.497 e. The first-order chi connectivity index (χ1) is 11.6. The molecule has 0 unspecified atom stereocenters. The van der Waals surface area contributed by atoms with E-state index in [-0.39, 0.29) is 28.6 Å². The number of nitrogens with zero attached hydrogens (tertiary/aromatic N) is 1. The van der Waals surface area contributed by atoms with Crippen LogP contribution in [0.5, 0.6) is 5.75 Å². The van der Waals surface area contributed by atoms with E-state index in [2.05, 4.69) is 4.72 Å². The Labute approximate surface area is 147 Å². The van der Waals surface area contributed by atoms with Gasteiger partial charge >= 0.3 is 5.97 Å². The normalized spacial score (nSPS) is 12.2. The number of carboxylic acid groups (broad SMARTS) is 1. The summed E-state index contributed by atoms with van der Waals surface area (Å²) in [7, 11) is -6.61. The molecule has 0 aliphatic carbocycles. The lowest BCUT2D eigenvalue weighted by atomic mass is 10.3. The minimum Gasteiger partial charge on any atom is -0.497 e. The molecule has 0 amide bonds. The third-order valence-corrected chi connectivity index (χ3v) is 6.43. The van der Waals surface area contributed by atoms with Crippen LogP contribution in [0.1, 0.15) is 20.3 Å². The molecule has 1 aromatic rings. The Bertz CT molecular complexity index is 820. The molecular weight excluding hydrogens is 372 g/mol. The molecule has 1 rings (SSSR count). The van der Waals surface area contributed by atoms with Crippen LogP contribution in [0.4, 0.5) is 5.69 Å². The number of benzene rings is 1. The highest BCUT2D eigenvalue weighted by atomic mass is 32.2. The van der Waals surface area contributed by atoms with Gasteiger partial charge in [0.2, 0.25) is 20.0 Å². The molecule has 0 fully saturated rings. The van der Waals surface area contributed by atoms with E-state index < -0.39 is 32.6 Å². The second kappa shape index (κ2) is 8.50. The van der Waals surface area contributed by atoms with E-state index in [0.717, 1.165) is 4.31 Å². The fourth-order valence-corrected chi connectivity index (χ4v) is 4.33. The molecular formula is C14H22N2O7S2. The van der Waals surface area contributed by atoms with Gasteiger partial charge in [0.05, 0.1) is 18.6 Å². The average molecular weight is 394 g/mol. The lowest BCUT2D eigenvalue weighted by Gasteiger charge is -2.22. The molecule has 0 saturated carbocycles. The van der Waals surface area contributed by atoms with Crippen LogP contribution in [-0.4, -0.2) is 58.2 Å². The van der Waals surface area contributed by atoms with Crippen molar-refractivity contribution in [2.24, 2.45) is 0 Å². The minimum atomic E-state index is -4.22. The topological polar surface area (TPSA) is 130 Å². The maximum atomic E-state index is 12.8. The van der Waals surface area contributed by atoms with Gasteiger partial charge in [0.1, 0.15) is 17.2 Å². The number of hydrogen-bond donors (Lipinski definition) is 2. The van der Waals surface area contributed by atoms with Gasteiger partial charge in [-0.25, -0.2) is 16.8 Å². The van der Waals surface area contributed by atoms with Crippen molar-refractivity contribution in [3.63, 3.8) is 0 Å². The molecule has 11 heteroatoms. The van der Waals surface area contributed by atoms with Crippen LogP contribution in [-0.2, 0) is 24.8 Å². The van der Waals surface area contributed by atoms with Crippen LogP contribution in [0.25, 0.3) is 0 Å². The highest BCUT2D eigenvalue weighted by molar-refractivity contribution is 7.93. The predicted molar refractivity (Wildman–Crippen MR) is 92.8 cm³/mol. The number of rotatable bonds is 10. The molecule has 0 heterocycles. The predicted octanol–water partition coefficient (Wildman–Crippen LogP) is 0.942. The van der Waals surface area contributed by atoms with Crippen LogP contribution in [0.2, 0.25) is 0 Å². The summed E-state index contributed by atoms with van der Waals surface area (Å²) in [6, 6.07) is 3.79. The van der Waals surface area contributed by atoms with Crippen molar-refractivity contribution < 1.29 is 31.5 Å². The summed E-state index contributed by atoms with van der Waals surface area (Å²) in [5, 5.41) is 8.96. The van der Waals surface area contributed by atoms with E-state index >= 15 is 0 Å². The summed E-state index contributed by atoms with van der Waals surface area (Å²) in [5.74, 6) is -1.30. The number of hydrogen-bond acceptors (Lipinski definition) is 6. The summed E-state index contributed by atoms with van der Waals surface area (Å²) >= 11 is 0. The third kappa shape index (κ3) is 5.58. The number of aliphatic carboxylic acids is 1. The number of carboxylic acids is 1. The number of sulfonamides is 2. The fraction of sp³-hybridized carbons (Fsp3) is 0.500. The second-order valence-corrected chi connectivity index (χ2v) is 9.02. The van der Waals surface area contributed by atoms with Gasteiger partial charge in [0, 0.05) is 12.6 Å². The van der Waals surface area contributed by atoms with Gasteiger partial charge in [-0.1, -0.05) is 6.92 Å². The number of methoxy groups -OCH3 is 1. The van der Waals surface area contributed by atoms with Crippen molar-refractivity contribution in [3.05, 3.63) is 18.2 Å². The zero-order valence-electron chi connectivity index (χ0n) is 14.2. The van der Waals surface area contributed by atoms with Crippen molar-refractivity contribution in [2.45, 2.75) is 25.2 Å². The van der Waals surface area contributed by atoms with Crippen LogP contribution >= 0.6 is 0 Å². The molecule has 0 spiro atoms. The van der Waals surface area contributed by atoms with Crippen LogP contribution in [0, 0.1) is 0 Å². The molecule has 0 bridgehead atoms. The molecule has 0 atom stereocenters. The third-order valence-electron chi connectivity index (χ3n) is 3.23. The number of ether oxygens (including phenoxy) is 1. The first-order valence-electron chi connectivity index (χ1n) is 7.47. The second-order valence-electron chi connectivity index (χ2n) is 5.10. The smallest absolute Gasteiger partial charge is 0.318 e. The molecule has 142 valence electrons. The highest BCUT2D eigenvalue weighted by Crippen LogP contribution is 2.30. The van der Waals surface area contributed by atoms with E-state index in [1.165, 1.54) is 32.2 Å². The van der Waals surface area contributed by atoms with Crippen LogP contribution in [0.15, 0.2) is 23.1 Å². The zero-order chi connectivity index (χ0) is 19.3. The standard InChI is InChI=1S/C14H22N2O7S2/c1-4-8-16(10-14(17)18)25(21,22)13-7-6-11(23-3)9-12(13)15-24(19,20)5-2/h6-7,9,15H,4-5,8,10H2,1-3H3,(H,17,18). The van der Waals surface area contributed by atoms with Crippen molar-refractivity contribution in [1.82, 2.24) is 4.31 Å². The summed E-state index contributed by atoms with van der Waals surface area (Å²) < 4.78 is 57.4. The van der Waals surface area contributed by atoms with Gasteiger partial charge in [-0.05, 0) is 25.5 Å². The van der Waals surface area contributed by atoms with Gasteiger partial charge in [-0.3, -0.25) is 9.52 Å². The monoisotopic (exact) mass is 394 g/mol. The summed E-state index contributed by atoms with van der Waals surface area (Å²) in [4.78, 5) is 10.7. The van der Waals surface area contributed by atoms with Crippen molar-refractivity contribution in [2.75, 3.05) is 30.7 Å². The van der Waals surface area contributed by atoms with Crippen molar-refractivity contribution in [3.8, 4) is 5.75 Å². The fourth-order valence-electron chi connectivity index (χ4n) is 2.00. The Morgan fingerprint density at radius 3 is 2.36 bits per heavy atom. The number of nitrogens with one attached hydrogen (secondary N) is 1. The molecule has 9 nitrogen and oxygen atoms in total. The molecule has 0 aliphatic rings. The van der Waals surface area contributed by atoms with E-state index in [1.807, 2.05) is 0 Å². The van der Waals surface area contributed by atoms with Gasteiger partial charge in [-0.2, -0.15) is 4.31 Å². The van der Waals surface area contributed by atoms with Gasteiger partial charge in [0.25, 0.3) is 0 Å². The first-order valence-corrected chi connectivity index (χ1v) is 10.6. The molecule has 1 aromatic carbocycles. The molecule has 0 aliphatic heterocycles. The van der Waals surface area contributed by atoms with Crippen LogP contribution in [0.3, 0.4) is 0 Å². The molecule has 0 radical (unpaired) electrons. The molecule has 0 saturated heterocycles. The Balaban J connectivity index is 3.49. The Hall–Kier alpha value is -1.85. The maximum absolute atomic E-state index is 12.8. The Morgan fingerprint density at radius 2 is 1.88 bits per heavy atom. The van der Waals surface area contributed by atoms with Gasteiger partial charge in [-0.15, -0.1) is 0 Å². The number of anilines is 1. The van der Waals surface area contributed by atoms with E-state index in [1.54, 1.807) is 6.92 Å². The van der Waals surface area contributed by atoms with E-state index in [9.17, 15) is 21.6 Å². The summed E-state index contributed by atoms with van der Waals surface area (Å²) in [6.45, 7) is 2.38. The SMILES string of the molecule is CCCN(CC(=O)O)S(=O)(=O)c1ccc(OC)cc1NS(=O)(=O)CC. The Kier molecular flexibility index (Phi) is 7.20. The van der Waals surface area contributed by atoms with Gasteiger partial charge < -0.3 is 9.84 Å². The van der Waals surface area contributed by atoms with Crippen molar-refractivity contribution in [1.29, 1.82) is 0 Å². The quantitative estimate of drug-likeness (QED) is 0.604. The first kappa shape index (κ1) is 21.2. The minimum absolute atomic E-state index is 0.0133. The molecule has 0 aromatic heterocycles. The van der Waals surface area contributed by atoms with E-state index in [0.29, 0.717) is 6.42 Å². The number of carbonyl (C=O) groups is 1. The summed E-state index contributed by atoms with van der Waals surface area (Å²) in [6.07, 6.45) is 0.401. The van der Waals surface area contributed by atoms with Gasteiger partial charge in [0.15, 0.2) is 0 Å². The molecule has 2 N–H and O–H groups in total. The van der Waals surface area contributed by atoms with Crippen molar-refractivity contribution >= 4 is 31.7 Å². The van der Waals surface area contributed by atoms with Crippen LogP contribution < -0.4 is 9.46 Å². The van der Waals surface area contributed by atoms with E-state index in [4.69, 9.17) is 9.84 Å². The Morgan fingerprint density at radius 1 is 1.24 bits per heavy atom. The highest BCUT2D eigenvalue weighted by Gasteiger charge is 2.29. The lowest BCUT2D eigenvalue weighted by molar-refractivity contribution is -0.137. The molecule has 25 heavy (non-hydrogen) atoms. The summed E-state index contributed by atoms with van der Waals surface area (Å²) in [5.41, 5.74) is -0.187. The average Bonchev–Trinajstić information content (AvgIpc) is 2.53. The zero-order valence-corrected chi connectivity index (χ0v) is 15.9. The maximum Gasteiger partial charge on any atom is 0.318 e. The lowest BCUT2D eigenvalue weighted by Crippen LogP contribution is -2.36.